The number of halogens is 1. The Labute approximate surface area is 172 Å². The number of aromatic nitrogens is 1. The predicted octanol–water partition coefficient (Wildman–Crippen LogP) is 3.40. The highest BCUT2D eigenvalue weighted by atomic mass is 19.1. The van der Waals surface area contributed by atoms with Crippen LogP contribution in [0.3, 0.4) is 0 Å². The molecule has 0 atom stereocenters. The van der Waals surface area contributed by atoms with Crippen LogP contribution in [0, 0.1) is 25.6 Å². The van der Waals surface area contributed by atoms with Crippen LogP contribution in [-0.4, -0.2) is 42.0 Å². The molecule has 0 unspecified atom stereocenters. The molecule has 0 saturated carbocycles. The summed E-state index contributed by atoms with van der Waals surface area (Å²) in [6.07, 6.45) is 2.27. The van der Waals surface area contributed by atoms with Gasteiger partial charge in [0.25, 0.3) is 0 Å². The standard InChI is InChI=1S/C22H32FN5O/c1-4-24-22(26-14-19-6-5-7-20(23)12-19)25-13-18-8-10-28(11-9-18)15-21-27-16(2)17(3)29-21/h5-7,12,18H,4,8-11,13-15H2,1-3H3,(H2,24,25,26). The van der Waals surface area contributed by atoms with Gasteiger partial charge >= 0.3 is 0 Å². The number of piperidine rings is 1. The lowest BCUT2D eigenvalue weighted by Crippen LogP contribution is -2.42. The molecule has 2 aromatic rings. The van der Waals surface area contributed by atoms with E-state index in [9.17, 15) is 4.39 Å². The van der Waals surface area contributed by atoms with Crippen molar-refractivity contribution in [2.75, 3.05) is 26.2 Å². The van der Waals surface area contributed by atoms with Crippen molar-refractivity contribution in [1.29, 1.82) is 0 Å². The molecule has 1 saturated heterocycles. The van der Waals surface area contributed by atoms with Gasteiger partial charge in [0.15, 0.2) is 5.96 Å². The maximum atomic E-state index is 13.3. The Kier molecular flexibility index (Phi) is 7.63. The summed E-state index contributed by atoms with van der Waals surface area (Å²) in [6.45, 7) is 11.0. The lowest BCUT2D eigenvalue weighted by Gasteiger charge is -2.31. The van der Waals surface area contributed by atoms with E-state index in [1.165, 1.54) is 12.1 Å². The molecule has 1 fully saturated rings. The maximum Gasteiger partial charge on any atom is 0.208 e. The van der Waals surface area contributed by atoms with Gasteiger partial charge in [0.05, 0.1) is 18.8 Å². The van der Waals surface area contributed by atoms with Crippen molar-refractivity contribution < 1.29 is 8.81 Å². The summed E-state index contributed by atoms with van der Waals surface area (Å²) >= 11 is 0. The van der Waals surface area contributed by atoms with Crippen LogP contribution in [-0.2, 0) is 13.1 Å². The minimum Gasteiger partial charge on any atom is -0.444 e. The molecule has 3 rings (SSSR count). The lowest BCUT2D eigenvalue weighted by molar-refractivity contribution is 0.164. The molecule has 158 valence electrons. The number of nitrogens with one attached hydrogen (secondary N) is 2. The van der Waals surface area contributed by atoms with E-state index in [-0.39, 0.29) is 5.82 Å². The fourth-order valence-corrected chi connectivity index (χ4v) is 3.54. The van der Waals surface area contributed by atoms with Crippen LogP contribution in [0.5, 0.6) is 0 Å². The Bertz CT molecular complexity index is 792. The first-order chi connectivity index (χ1) is 14.0. The molecule has 2 heterocycles. The molecular formula is C22H32FN5O. The Morgan fingerprint density at radius 3 is 2.72 bits per heavy atom. The van der Waals surface area contributed by atoms with Gasteiger partial charge < -0.3 is 15.1 Å². The first-order valence-corrected chi connectivity index (χ1v) is 10.5. The van der Waals surface area contributed by atoms with Gasteiger partial charge in [-0.25, -0.2) is 14.4 Å². The monoisotopic (exact) mass is 401 g/mol. The second-order valence-corrected chi connectivity index (χ2v) is 7.67. The average molecular weight is 402 g/mol. The topological polar surface area (TPSA) is 65.7 Å². The van der Waals surface area contributed by atoms with Crippen molar-refractivity contribution in [3.05, 3.63) is 53.0 Å². The van der Waals surface area contributed by atoms with E-state index in [1.54, 1.807) is 6.07 Å². The van der Waals surface area contributed by atoms with Gasteiger partial charge in [-0.1, -0.05) is 12.1 Å². The van der Waals surface area contributed by atoms with Crippen molar-refractivity contribution in [1.82, 2.24) is 20.5 Å². The second-order valence-electron chi connectivity index (χ2n) is 7.67. The van der Waals surface area contributed by atoms with Gasteiger partial charge in [-0.3, -0.25) is 4.90 Å². The third-order valence-corrected chi connectivity index (χ3v) is 5.35. The molecule has 1 aromatic heterocycles. The molecule has 0 aliphatic carbocycles. The molecule has 1 aromatic carbocycles. The number of aryl methyl sites for hydroxylation is 2. The highest BCUT2D eigenvalue weighted by molar-refractivity contribution is 5.79. The van der Waals surface area contributed by atoms with E-state index in [2.05, 4.69) is 25.5 Å². The van der Waals surface area contributed by atoms with Crippen LogP contribution in [0.15, 0.2) is 33.7 Å². The van der Waals surface area contributed by atoms with Crippen LogP contribution in [0.2, 0.25) is 0 Å². The van der Waals surface area contributed by atoms with Gasteiger partial charge in [-0.2, -0.15) is 0 Å². The molecule has 7 heteroatoms. The summed E-state index contributed by atoms with van der Waals surface area (Å²) in [5.41, 5.74) is 1.85. The summed E-state index contributed by atoms with van der Waals surface area (Å²) in [7, 11) is 0. The number of guanidine groups is 1. The third-order valence-electron chi connectivity index (χ3n) is 5.35. The van der Waals surface area contributed by atoms with E-state index < -0.39 is 0 Å². The first kappa shape index (κ1) is 21.3. The number of rotatable bonds is 7. The number of likely N-dealkylation sites (tertiary alicyclic amines) is 1. The van der Waals surface area contributed by atoms with Gasteiger partial charge in [-0.15, -0.1) is 0 Å². The highest BCUT2D eigenvalue weighted by Crippen LogP contribution is 2.19. The molecule has 29 heavy (non-hydrogen) atoms. The minimum atomic E-state index is -0.225. The van der Waals surface area contributed by atoms with Crippen LogP contribution in [0.25, 0.3) is 0 Å². The van der Waals surface area contributed by atoms with E-state index in [1.807, 2.05) is 26.8 Å². The number of hydrogen-bond donors (Lipinski definition) is 2. The highest BCUT2D eigenvalue weighted by Gasteiger charge is 2.21. The largest absolute Gasteiger partial charge is 0.444 e. The van der Waals surface area contributed by atoms with Crippen molar-refractivity contribution >= 4 is 5.96 Å². The van der Waals surface area contributed by atoms with E-state index >= 15 is 0 Å². The zero-order valence-electron chi connectivity index (χ0n) is 17.7. The SMILES string of the molecule is CCNC(=NCc1cccc(F)c1)NCC1CCN(Cc2nc(C)c(C)o2)CC1. The summed E-state index contributed by atoms with van der Waals surface area (Å²) in [5, 5.41) is 6.72. The maximum absolute atomic E-state index is 13.3. The number of oxazole rings is 1. The van der Waals surface area contributed by atoms with E-state index in [0.29, 0.717) is 12.5 Å². The van der Waals surface area contributed by atoms with Gasteiger partial charge in [0.2, 0.25) is 5.89 Å². The summed E-state index contributed by atoms with van der Waals surface area (Å²) in [6, 6.07) is 6.59. The van der Waals surface area contributed by atoms with E-state index in [0.717, 1.165) is 74.4 Å². The number of aliphatic imine (C=N–C) groups is 1. The molecule has 2 N–H and O–H groups in total. The Morgan fingerprint density at radius 1 is 1.28 bits per heavy atom. The van der Waals surface area contributed by atoms with Crippen LogP contribution in [0.4, 0.5) is 4.39 Å². The van der Waals surface area contributed by atoms with Crippen molar-refractivity contribution in [2.24, 2.45) is 10.9 Å². The Hall–Kier alpha value is -2.41. The lowest BCUT2D eigenvalue weighted by atomic mass is 9.97. The summed E-state index contributed by atoms with van der Waals surface area (Å²) in [4.78, 5) is 11.5. The molecule has 0 radical (unpaired) electrons. The molecule has 0 bridgehead atoms. The van der Waals surface area contributed by atoms with Crippen LogP contribution >= 0.6 is 0 Å². The smallest absolute Gasteiger partial charge is 0.208 e. The van der Waals surface area contributed by atoms with Crippen molar-refractivity contribution in [3.63, 3.8) is 0 Å². The fraction of sp³-hybridized carbons (Fsp3) is 0.545. The van der Waals surface area contributed by atoms with Gasteiger partial charge in [0, 0.05) is 13.1 Å². The normalized spacial score (nSPS) is 16.2. The zero-order valence-corrected chi connectivity index (χ0v) is 17.7. The third kappa shape index (κ3) is 6.56. The molecule has 0 spiro atoms. The fourth-order valence-electron chi connectivity index (χ4n) is 3.54. The first-order valence-electron chi connectivity index (χ1n) is 10.5. The van der Waals surface area contributed by atoms with Gasteiger partial charge in [-0.05, 0) is 70.3 Å². The van der Waals surface area contributed by atoms with Crippen molar-refractivity contribution in [2.45, 2.75) is 46.7 Å². The van der Waals surface area contributed by atoms with Crippen LogP contribution in [0.1, 0.15) is 42.7 Å². The summed E-state index contributed by atoms with van der Waals surface area (Å²) in [5.74, 6) is 2.89. The Morgan fingerprint density at radius 2 is 2.07 bits per heavy atom. The Balaban J connectivity index is 1.44. The van der Waals surface area contributed by atoms with Gasteiger partial charge in [0.1, 0.15) is 11.6 Å². The predicted molar refractivity (Wildman–Crippen MR) is 113 cm³/mol. The molecular weight excluding hydrogens is 369 g/mol. The quantitative estimate of drug-likeness (QED) is 0.550. The van der Waals surface area contributed by atoms with Crippen molar-refractivity contribution in [3.8, 4) is 0 Å². The van der Waals surface area contributed by atoms with E-state index in [4.69, 9.17) is 4.42 Å². The molecule has 6 nitrogen and oxygen atoms in total. The second kappa shape index (κ2) is 10.4. The van der Waals surface area contributed by atoms with Crippen LogP contribution < -0.4 is 10.6 Å². The number of benzene rings is 1. The minimum absolute atomic E-state index is 0.225. The number of hydrogen-bond acceptors (Lipinski definition) is 4. The average Bonchev–Trinajstić information content (AvgIpc) is 3.02. The number of nitrogens with zero attached hydrogens (tertiary/aromatic N) is 3. The summed E-state index contributed by atoms with van der Waals surface area (Å²) < 4.78 is 19.0. The molecule has 1 aliphatic heterocycles. The zero-order chi connectivity index (χ0) is 20.6. The molecule has 1 aliphatic rings. The molecule has 0 amide bonds.